The highest BCUT2D eigenvalue weighted by Crippen LogP contribution is 2.36. The fourth-order valence-electron chi connectivity index (χ4n) is 2.84. The van der Waals surface area contributed by atoms with E-state index in [9.17, 15) is 5.11 Å². The highest BCUT2D eigenvalue weighted by Gasteiger charge is 2.38. The topological polar surface area (TPSA) is 35.5 Å². The molecule has 0 radical (unpaired) electrons. The normalized spacial score (nSPS) is 19.2. The van der Waals surface area contributed by atoms with Gasteiger partial charge in [0.05, 0.1) is 0 Å². The van der Waals surface area contributed by atoms with Crippen molar-refractivity contribution in [2.24, 2.45) is 0 Å². The average Bonchev–Trinajstić information content (AvgIpc) is 2.30. The van der Waals surface area contributed by atoms with Crippen LogP contribution in [0.1, 0.15) is 43.4 Å². The largest absolute Gasteiger partial charge is 0.508 e. The number of likely N-dealkylation sites (N-methyl/N-ethyl adjacent to an activating group) is 1. The van der Waals surface area contributed by atoms with E-state index in [4.69, 9.17) is 0 Å². The predicted molar refractivity (Wildman–Crippen MR) is 79.5 cm³/mol. The number of nitrogens with one attached hydrogen (secondary N) is 1. The molecule has 0 aliphatic heterocycles. The summed E-state index contributed by atoms with van der Waals surface area (Å²) in [5, 5.41) is 13.6. The third-order valence-corrected chi connectivity index (χ3v) is 4.62. The Hall–Kier alpha value is -1.06. The first kappa shape index (κ1) is 14.4. The van der Waals surface area contributed by atoms with Crippen LogP contribution in [-0.4, -0.2) is 36.2 Å². The third-order valence-electron chi connectivity index (χ3n) is 4.62. The highest BCUT2D eigenvalue weighted by atomic mass is 16.3. The van der Waals surface area contributed by atoms with Crippen molar-refractivity contribution < 1.29 is 5.11 Å². The Kier molecular flexibility index (Phi) is 4.16. The lowest BCUT2D eigenvalue weighted by molar-refractivity contribution is 0.0575. The van der Waals surface area contributed by atoms with Crippen molar-refractivity contribution in [2.75, 3.05) is 20.6 Å². The molecule has 19 heavy (non-hydrogen) atoms. The fraction of sp³-hybridized carbons (Fsp3) is 0.625. The van der Waals surface area contributed by atoms with E-state index < -0.39 is 0 Å². The standard InChI is InChI=1S/C16H26N2O/c1-12-6-7-15(19)14(10-12)13(2)17-11-16(18(3)4)8-5-9-16/h6-7,10,13,17,19H,5,8-9,11H2,1-4H3. The van der Waals surface area contributed by atoms with Crippen molar-refractivity contribution >= 4 is 0 Å². The summed E-state index contributed by atoms with van der Waals surface area (Å²) in [6, 6.07) is 5.97. The molecule has 1 aliphatic rings. The number of phenols is 1. The molecule has 0 bridgehead atoms. The summed E-state index contributed by atoms with van der Waals surface area (Å²) in [6.07, 6.45) is 3.85. The van der Waals surface area contributed by atoms with Crippen LogP contribution in [0.3, 0.4) is 0 Å². The van der Waals surface area contributed by atoms with Crippen LogP contribution >= 0.6 is 0 Å². The van der Waals surface area contributed by atoms with Gasteiger partial charge in [-0.25, -0.2) is 0 Å². The van der Waals surface area contributed by atoms with E-state index in [1.165, 1.54) is 24.8 Å². The molecular weight excluding hydrogens is 236 g/mol. The first-order valence-corrected chi connectivity index (χ1v) is 7.15. The molecule has 106 valence electrons. The van der Waals surface area contributed by atoms with Gasteiger partial charge in [0.25, 0.3) is 0 Å². The van der Waals surface area contributed by atoms with Crippen LogP contribution in [0.4, 0.5) is 0 Å². The second kappa shape index (κ2) is 5.51. The van der Waals surface area contributed by atoms with Crippen molar-refractivity contribution in [3.05, 3.63) is 29.3 Å². The van der Waals surface area contributed by atoms with Gasteiger partial charge in [0.2, 0.25) is 0 Å². The molecule has 1 saturated carbocycles. The Morgan fingerprint density at radius 1 is 1.37 bits per heavy atom. The number of aromatic hydroxyl groups is 1. The van der Waals surface area contributed by atoms with Crippen LogP contribution in [-0.2, 0) is 0 Å². The number of nitrogens with zero attached hydrogens (tertiary/aromatic N) is 1. The number of phenolic OH excluding ortho intramolecular Hbond substituents is 1. The Balaban J connectivity index is 2.01. The second-order valence-corrected chi connectivity index (χ2v) is 6.14. The zero-order chi connectivity index (χ0) is 14.0. The van der Waals surface area contributed by atoms with Gasteiger partial charge in [-0.2, -0.15) is 0 Å². The second-order valence-electron chi connectivity index (χ2n) is 6.14. The zero-order valence-electron chi connectivity index (χ0n) is 12.5. The summed E-state index contributed by atoms with van der Waals surface area (Å²) in [5.74, 6) is 0.387. The van der Waals surface area contributed by atoms with Gasteiger partial charge >= 0.3 is 0 Å². The quantitative estimate of drug-likeness (QED) is 0.856. The molecule has 0 saturated heterocycles. The maximum absolute atomic E-state index is 9.96. The van der Waals surface area contributed by atoms with Crippen molar-refractivity contribution in [3.8, 4) is 5.75 Å². The maximum Gasteiger partial charge on any atom is 0.120 e. The van der Waals surface area contributed by atoms with Crippen molar-refractivity contribution in [1.29, 1.82) is 0 Å². The molecule has 1 fully saturated rings. The monoisotopic (exact) mass is 262 g/mol. The van der Waals surface area contributed by atoms with Gasteiger partial charge < -0.3 is 15.3 Å². The Morgan fingerprint density at radius 3 is 2.58 bits per heavy atom. The number of aryl methyl sites for hydroxylation is 1. The number of benzene rings is 1. The summed E-state index contributed by atoms with van der Waals surface area (Å²) in [4.78, 5) is 2.34. The number of hydrogen-bond donors (Lipinski definition) is 2. The lowest BCUT2D eigenvalue weighted by atomic mass is 9.75. The SMILES string of the molecule is Cc1ccc(O)c(C(C)NCC2(N(C)C)CCC2)c1. The summed E-state index contributed by atoms with van der Waals surface area (Å²) in [5.41, 5.74) is 2.49. The van der Waals surface area contributed by atoms with E-state index in [0.717, 1.165) is 12.1 Å². The van der Waals surface area contributed by atoms with Crippen molar-refractivity contribution in [3.63, 3.8) is 0 Å². The first-order valence-electron chi connectivity index (χ1n) is 7.15. The molecule has 3 nitrogen and oxygen atoms in total. The molecule has 2 rings (SSSR count). The lowest BCUT2D eigenvalue weighted by Crippen LogP contribution is -2.56. The zero-order valence-corrected chi connectivity index (χ0v) is 12.5. The molecule has 2 N–H and O–H groups in total. The molecule has 1 aromatic rings. The van der Waals surface area contributed by atoms with Gasteiger partial charge in [-0.15, -0.1) is 0 Å². The van der Waals surface area contributed by atoms with Gasteiger partial charge in [-0.3, -0.25) is 0 Å². The van der Waals surface area contributed by atoms with E-state index in [-0.39, 0.29) is 6.04 Å². The number of hydrogen-bond acceptors (Lipinski definition) is 3. The number of rotatable bonds is 5. The first-order chi connectivity index (χ1) is 8.94. The minimum atomic E-state index is 0.178. The van der Waals surface area contributed by atoms with Crippen LogP contribution in [0.15, 0.2) is 18.2 Å². The molecular formula is C16H26N2O. The van der Waals surface area contributed by atoms with Crippen LogP contribution < -0.4 is 5.32 Å². The van der Waals surface area contributed by atoms with Gasteiger partial charge in [-0.05, 0) is 53.3 Å². The van der Waals surface area contributed by atoms with Crippen molar-refractivity contribution in [1.82, 2.24) is 10.2 Å². The molecule has 0 aromatic heterocycles. The Morgan fingerprint density at radius 2 is 2.05 bits per heavy atom. The van der Waals surface area contributed by atoms with Crippen molar-refractivity contribution in [2.45, 2.75) is 44.7 Å². The molecule has 1 aliphatic carbocycles. The molecule has 1 aromatic carbocycles. The van der Waals surface area contributed by atoms with Crippen LogP contribution in [0, 0.1) is 6.92 Å². The van der Waals surface area contributed by atoms with E-state index in [0.29, 0.717) is 11.3 Å². The van der Waals surface area contributed by atoms with Gasteiger partial charge in [0.15, 0.2) is 0 Å². The summed E-state index contributed by atoms with van der Waals surface area (Å²) in [7, 11) is 4.32. The van der Waals surface area contributed by atoms with Gasteiger partial charge in [-0.1, -0.05) is 17.7 Å². The molecule has 3 heteroatoms. The average molecular weight is 262 g/mol. The highest BCUT2D eigenvalue weighted by molar-refractivity contribution is 5.37. The summed E-state index contributed by atoms with van der Waals surface area (Å²) >= 11 is 0. The summed E-state index contributed by atoms with van der Waals surface area (Å²) < 4.78 is 0. The minimum Gasteiger partial charge on any atom is -0.508 e. The predicted octanol–water partition coefficient (Wildman–Crippen LogP) is 2.84. The molecule has 0 amide bonds. The van der Waals surface area contributed by atoms with E-state index in [1.54, 1.807) is 6.07 Å². The van der Waals surface area contributed by atoms with Gasteiger partial charge in [0, 0.05) is 23.7 Å². The summed E-state index contributed by atoms with van der Waals surface area (Å²) in [6.45, 7) is 5.16. The van der Waals surface area contributed by atoms with E-state index in [1.807, 2.05) is 6.07 Å². The van der Waals surface area contributed by atoms with Crippen LogP contribution in [0.5, 0.6) is 5.75 Å². The Labute approximate surface area is 116 Å². The minimum absolute atomic E-state index is 0.178. The van der Waals surface area contributed by atoms with Gasteiger partial charge in [0.1, 0.15) is 5.75 Å². The molecule has 0 spiro atoms. The Bertz CT molecular complexity index is 438. The lowest BCUT2D eigenvalue weighted by Gasteiger charge is -2.48. The molecule has 1 unspecified atom stereocenters. The molecule has 1 atom stereocenters. The van der Waals surface area contributed by atoms with E-state index >= 15 is 0 Å². The third kappa shape index (κ3) is 2.93. The van der Waals surface area contributed by atoms with E-state index in [2.05, 4.69) is 44.2 Å². The smallest absolute Gasteiger partial charge is 0.120 e. The molecule has 0 heterocycles. The van der Waals surface area contributed by atoms with Crippen LogP contribution in [0.25, 0.3) is 0 Å². The fourth-order valence-corrected chi connectivity index (χ4v) is 2.84. The van der Waals surface area contributed by atoms with Crippen LogP contribution in [0.2, 0.25) is 0 Å². The maximum atomic E-state index is 9.96.